The quantitative estimate of drug-likeness (QED) is 0.154. The number of nitrogens with one attached hydrogen (secondary N) is 5. The molecule has 1 aromatic rings. The van der Waals surface area contributed by atoms with E-state index in [1.165, 1.54) is 0 Å². The lowest BCUT2D eigenvalue weighted by Crippen LogP contribution is -2.52. The topological polar surface area (TPSA) is 183 Å². The Morgan fingerprint density at radius 2 is 1.42 bits per heavy atom. The lowest BCUT2D eigenvalue weighted by Gasteiger charge is -2.19. The van der Waals surface area contributed by atoms with Gasteiger partial charge in [-0.15, -0.1) is 0 Å². The number of benzene rings is 1. The lowest BCUT2D eigenvalue weighted by molar-refractivity contribution is -0.137. The summed E-state index contributed by atoms with van der Waals surface area (Å²) >= 11 is 0. The van der Waals surface area contributed by atoms with Crippen molar-refractivity contribution in [3.05, 3.63) is 35.9 Å². The van der Waals surface area contributed by atoms with Gasteiger partial charge in [0.2, 0.25) is 23.6 Å². The zero-order valence-electron chi connectivity index (χ0n) is 20.6. The number of likely N-dealkylation sites (N-methyl/N-ethyl adjacent to an activating group) is 1. The predicted octanol–water partition coefficient (Wildman–Crippen LogP) is -1.12. The van der Waals surface area contributed by atoms with Gasteiger partial charge in [-0.3, -0.25) is 28.8 Å². The largest absolute Gasteiger partial charge is 0.481 e. The van der Waals surface area contributed by atoms with Crippen LogP contribution in [0.1, 0.15) is 38.7 Å². The maximum Gasteiger partial charge on any atom is 0.303 e. The van der Waals surface area contributed by atoms with E-state index in [1.807, 2.05) is 6.07 Å². The number of hydrogen-bond donors (Lipinski definition) is 6. The molecule has 1 aromatic carbocycles. The second kappa shape index (κ2) is 16.8. The second-order valence-electron chi connectivity index (χ2n) is 7.96. The van der Waals surface area contributed by atoms with Gasteiger partial charge in [0.05, 0.1) is 25.7 Å². The van der Waals surface area contributed by atoms with Crippen molar-refractivity contribution in [2.24, 2.45) is 0 Å². The van der Waals surface area contributed by atoms with Gasteiger partial charge in [-0.1, -0.05) is 44.2 Å². The first-order valence-corrected chi connectivity index (χ1v) is 11.8. The number of rotatable bonds is 17. The Hall–Kier alpha value is -3.80. The molecule has 0 saturated heterocycles. The molecule has 0 aliphatic rings. The third-order valence-corrected chi connectivity index (χ3v) is 5.07. The Bertz CT molecular complexity index is 907. The molecule has 0 heterocycles. The van der Waals surface area contributed by atoms with Crippen LogP contribution in [-0.4, -0.2) is 78.8 Å². The molecule has 0 spiro atoms. The molecule has 198 valence electrons. The van der Waals surface area contributed by atoms with E-state index in [-0.39, 0.29) is 38.0 Å². The summed E-state index contributed by atoms with van der Waals surface area (Å²) in [5.41, 5.74) is 0.796. The smallest absolute Gasteiger partial charge is 0.303 e. The molecule has 0 bridgehead atoms. The number of ketones is 1. The molecule has 2 atom stereocenters. The third kappa shape index (κ3) is 12.6. The molecule has 0 radical (unpaired) electrons. The van der Waals surface area contributed by atoms with Crippen molar-refractivity contribution in [2.75, 3.05) is 26.2 Å². The zero-order chi connectivity index (χ0) is 26.9. The highest BCUT2D eigenvalue weighted by Crippen LogP contribution is 2.04. The maximum absolute atomic E-state index is 12.6. The van der Waals surface area contributed by atoms with E-state index in [1.54, 1.807) is 38.1 Å². The Labute approximate surface area is 210 Å². The van der Waals surface area contributed by atoms with E-state index in [0.29, 0.717) is 6.54 Å². The minimum Gasteiger partial charge on any atom is -0.481 e. The van der Waals surface area contributed by atoms with Crippen molar-refractivity contribution >= 4 is 35.4 Å². The monoisotopic (exact) mass is 505 g/mol. The molecule has 12 heteroatoms. The molecule has 0 aromatic heterocycles. The van der Waals surface area contributed by atoms with Gasteiger partial charge < -0.3 is 31.7 Å². The van der Waals surface area contributed by atoms with Crippen molar-refractivity contribution in [3.63, 3.8) is 0 Å². The van der Waals surface area contributed by atoms with Crippen molar-refractivity contribution in [1.29, 1.82) is 0 Å². The van der Waals surface area contributed by atoms with Crippen LogP contribution in [0.3, 0.4) is 0 Å². The minimum absolute atomic E-state index is 0.0632. The predicted molar refractivity (Wildman–Crippen MR) is 131 cm³/mol. The van der Waals surface area contributed by atoms with Crippen molar-refractivity contribution in [1.82, 2.24) is 26.6 Å². The first-order valence-electron chi connectivity index (χ1n) is 11.8. The molecule has 4 amide bonds. The average molecular weight is 506 g/mol. The summed E-state index contributed by atoms with van der Waals surface area (Å²) in [6.45, 7) is 2.89. The molecular formula is C24H35N5O7. The van der Waals surface area contributed by atoms with Crippen molar-refractivity contribution in [3.8, 4) is 0 Å². The fourth-order valence-electron chi connectivity index (χ4n) is 3.11. The number of carbonyl (C=O) groups is 6. The maximum atomic E-state index is 12.6. The van der Waals surface area contributed by atoms with E-state index >= 15 is 0 Å². The molecule has 6 N–H and O–H groups in total. The fraction of sp³-hybridized carbons (Fsp3) is 0.500. The second-order valence-corrected chi connectivity index (χ2v) is 7.96. The molecule has 1 rings (SSSR count). The van der Waals surface area contributed by atoms with E-state index in [2.05, 4.69) is 26.6 Å². The molecule has 2 unspecified atom stereocenters. The summed E-state index contributed by atoms with van der Waals surface area (Å²) in [4.78, 5) is 71.6. The first kappa shape index (κ1) is 30.2. The standard InChI is InChI=1S/C24H35N5O7/c1-3-17(30)13-27-24(36)19(12-16-8-6-5-7-9-16)29-21(32)15-26-20(31)14-28-23(35)18(25-4-2)10-11-22(33)34/h5-9,18-19,25H,3-4,10-15H2,1-2H3,(H,26,31)(H,27,36)(H,28,35)(H,29,32)(H,33,34). The lowest BCUT2D eigenvalue weighted by atomic mass is 10.1. The minimum atomic E-state index is -1.04. The summed E-state index contributed by atoms with van der Waals surface area (Å²) in [6, 6.07) is 7.27. The van der Waals surface area contributed by atoms with E-state index in [0.717, 1.165) is 5.56 Å². The number of amides is 4. The van der Waals surface area contributed by atoms with Gasteiger partial charge in [0.1, 0.15) is 6.04 Å². The van der Waals surface area contributed by atoms with Crippen LogP contribution in [0, 0.1) is 0 Å². The number of aliphatic carboxylic acids is 1. The van der Waals surface area contributed by atoms with Crippen LogP contribution in [0.2, 0.25) is 0 Å². The van der Waals surface area contributed by atoms with E-state index in [4.69, 9.17) is 5.11 Å². The Balaban J connectivity index is 2.58. The normalized spacial score (nSPS) is 12.1. The van der Waals surface area contributed by atoms with E-state index in [9.17, 15) is 28.8 Å². The summed E-state index contributed by atoms with van der Waals surface area (Å²) in [5, 5.41) is 21.5. The summed E-state index contributed by atoms with van der Waals surface area (Å²) in [5.74, 6) is -3.50. The highest BCUT2D eigenvalue weighted by molar-refractivity contribution is 5.93. The van der Waals surface area contributed by atoms with Gasteiger partial charge >= 0.3 is 5.97 Å². The molecule has 0 aliphatic heterocycles. The molecular weight excluding hydrogens is 470 g/mol. The molecule has 36 heavy (non-hydrogen) atoms. The van der Waals surface area contributed by atoms with Gasteiger partial charge in [-0.2, -0.15) is 0 Å². The summed E-state index contributed by atoms with van der Waals surface area (Å²) < 4.78 is 0. The zero-order valence-corrected chi connectivity index (χ0v) is 20.6. The molecule has 12 nitrogen and oxygen atoms in total. The molecule has 0 aliphatic carbocycles. The summed E-state index contributed by atoms with van der Waals surface area (Å²) in [7, 11) is 0. The average Bonchev–Trinajstić information content (AvgIpc) is 2.86. The first-order chi connectivity index (χ1) is 17.2. The van der Waals surface area contributed by atoms with Crippen LogP contribution in [0.25, 0.3) is 0 Å². The van der Waals surface area contributed by atoms with Crippen molar-refractivity contribution < 1.29 is 33.9 Å². The van der Waals surface area contributed by atoms with Gasteiger partial charge in [0.25, 0.3) is 0 Å². The number of carboxylic acids is 1. The number of carboxylic acid groups (broad SMARTS) is 1. The fourth-order valence-corrected chi connectivity index (χ4v) is 3.11. The Kier molecular flexibility index (Phi) is 14.1. The van der Waals surface area contributed by atoms with Gasteiger partial charge in [-0.05, 0) is 18.5 Å². The highest BCUT2D eigenvalue weighted by Gasteiger charge is 2.22. The Morgan fingerprint density at radius 3 is 2.03 bits per heavy atom. The van der Waals surface area contributed by atoms with Gasteiger partial charge in [0.15, 0.2) is 5.78 Å². The number of carbonyl (C=O) groups excluding carboxylic acids is 5. The van der Waals surface area contributed by atoms with Gasteiger partial charge in [-0.25, -0.2) is 0 Å². The van der Waals surface area contributed by atoms with E-state index < -0.39 is 54.8 Å². The third-order valence-electron chi connectivity index (χ3n) is 5.07. The van der Waals surface area contributed by atoms with Crippen LogP contribution >= 0.6 is 0 Å². The van der Waals surface area contributed by atoms with Crippen LogP contribution < -0.4 is 26.6 Å². The summed E-state index contributed by atoms with van der Waals surface area (Å²) in [6.07, 6.45) is 0.313. The Morgan fingerprint density at radius 1 is 0.806 bits per heavy atom. The van der Waals surface area contributed by atoms with Crippen LogP contribution in [0.5, 0.6) is 0 Å². The van der Waals surface area contributed by atoms with Crippen LogP contribution in [0.4, 0.5) is 0 Å². The SMILES string of the molecule is CCNC(CCC(=O)O)C(=O)NCC(=O)NCC(=O)NC(Cc1ccccc1)C(=O)NCC(=O)CC. The van der Waals surface area contributed by atoms with Gasteiger partial charge in [0, 0.05) is 19.3 Å². The van der Waals surface area contributed by atoms with Crippen molar-refractivity contribution in [2.45, 2.75) is 51.6 Å². The van der Waals surface area contributed by atoms with Crippen LogP contribution in [-0.2, 0) is 35.2 Å². The number of hydrogen-bond acceptors (Lipinski definition) is 7. The molecule has 0 fully saturated rings. The number of Topliss-reactive ketones (excluding diaryl/α,β-unsaturated/α-hetero) is 1. The van der Waals surface area contributed by atoms with Crippen LogP contribution in [0.15, 0.2) is 30.3 Å². The molecule has 0 saturated carbocycles. The highest BCUT2D eigenvalue weighted by atomic mass is 16.4.